The minimum absolute atomic E-state index is 0.0503. The fraction of sp³-hybridized carbons (Fsp3) is 0.333. The van der Waals surface area contributed by atoms with Crippen LogP contribution in [0.1, 0.15) is 19.8 Å². The number of benzene rings is 1. The van der Waals surface area contributed by atoms with Gasteiger partial charge < -0.3 is 13.8 Å². The third-order valence-corrected chi connectivity index (χ3v) is 4.58. The van der Waals surface area contributed by atoms with Crippen molar-refractivity contribution >= 4 is 11.4 Å². The Hall–Kier alpha value is -3.16. The average Bonchev–Trinajstić information content (AvgIpc) is 3.32. The van der Waals surface area contributed by atoms with Crippen LogP contribution in [0.15, 0.2) is 45.5 Å². The largest absolute Gasteiger partial charge is 0.461 e. The highest BCUT2D eigenvalue weighted by molar-refractivity contribution is 5.71. The highest BCUT2D eigenvalue weighted by atomic mass is 16.6. The van der Waals surface area contributed by atoms with E-state index >= 15 is 0 Å². The maximum absolute atomic E-state index is 11.6. The van der Waals surface area contributed by atoms with Gasteiger partial charge in [0, 0.05) is 24.7 Å². The number of aromatic nitrogens is 2. The normalized spacial score (nSPS) is 17.4. The molecule has 8 nitrogen and oxygen atoms in total. The zero-order valence-electron chi connectivity index (χ0n) is 14.3. The Labute approximate surface area is 149 Å². The SMILES string of the molecule is C[C@@H]1CCCN(c2ccc(-c3nc(-c4ccco4)no3)cc2[N+](=O)[O-])C1. The first-order valence-corrected chi connectivity index (χ1v) is 8.53. The summed E-state index contributed by atoms with van der Waals surface area (Å²) in [6.07, 6.45) is 3.71. The van der Waals surface area contributed by atoms with E-state index in [1.165, 1.54) is 12.3 Å². The standard InChI is InChI=1S/C18H18N4O4/c1-12-4-2-8-21(11-12)14-7-6-13(10-15(14)22(23)24)18-19-17(20-26-18)16-5-3-9-25-16/h3,5-7,9-10,12H,2,4,8,11H2,1H3/t12-/m1/s1. The zero-order chi connectivity index (χ0) is 18.1. The molecule has 0 saturated carbocycles. The van der Waals surface area contributed by atoms with Gasteiger partial charge >= 0.3 is 0 Å². The van der Waals surface area contributed by atoms with Crippen LogP contribution >= 0.6 is 0 Å². The quantitative estimate of drug-likeness (QED) is 0.513. The topological polar surface area (TPSA) is 98.4 Å². The summed E-state index contributed by atoms with van der Waals surface area (Å²) < 4.78 is 10.5. The highest BCUT2D eigenvalue weighted by Crippen LogP contribution is 2.35. The Bertz CT molecular complexity index is 919. The lowest BCUT2D eigenvalue weighted by atomic mass is 9.99. The number of hydrogen-bond donors (Lipinski definition) is 0. The summed E-state index contributed by atoms with van der Waals surface area (Å²) >= 11 is 0. The molecule has 0 spiro atoms. The van der Waals surface area contributed by atoms with E-state index in [1.54, 1.807) is 24.3 Å². The minimum atomic E-state index is -0.359. The van der Waals surface area contributed by atoms with E-state index in [2.05, 4.69) is 22.0 Å². The van der Waals surface area contributed by atoms with Crippen molar-refractivity contribution in [1.29, 1.82) is 0 Å². The smallest absolute Gasteiger partial charge is 0.293 e. The monoisotopic (exact) mass is 354 g/mol. The van der Waals surface area contributed by atoms with Gasteiger partial charge in [0.1, 0.15) is 5.69 Å². The molecule has 1 fully saturated rings. The van der Waals surface area contributed by atoms with Crippen LogP contribution in [0, 0.1) is 16.0 Å². The van der Waals surface area contributed by atoms with Crippen LogP contribution < -0.4 is 4.90 Å². The summed E-state index contributed by atoms with van der Waals surface area (Å²) in [6.45, 7) is 3.82. The Morgan fingerprint density at radius 1 is 1.35 bits per heavy atom. The third-order valence-electron chi connectivity index (χ3n) is 4.58. The number of nitro benzene ring substituents is 1. The van der Waals surface area contributed by atoms with Gasteiger partial charge in [-0.1, -0.05) is 12.1 Å². The van der Waals surface area contributed by atoms with Crippen LogP contribution in [0.5, 0.6) is 0 Å². The van der Waals surface area contributed by atoms with Crippen molar-refractivity contribution in [1.82, 2.24) is 10.1 Å². The summed E-state index contributed by atoms with van der Waals surface area (Å²) in [6, 6.07) is 8.49. The summed E-state index contributed by atoms with van der Waals surface area (Å²) in [5, 5.41) is 15.5. The fourth-order valence-electron chi connectivity index (χ4n) is 3.32. The number of nitro groups is 1. The van der Waals surface area contributed by atoms with Crippen LogP contribution in [0.25, 0.3) is 23.0 Å². The molecule has 1 aromatic carbocycles. The van der Waals surface area contributed by atoms with E-state index in [0.717, 1.165) is 25.9 Å². The second-order valence-corrected chi connectivity index (χ2v) is 6.55. The molecule has 0 unspecified atom stereocenters. The molecule has 0 radical (unpaired) electrons. The predicted octanol–water partition coefficient (Wildman–Crippen LogP) is 4.14. The van der Waals surface area contributed by atoms with Gasteiger partial charge in [-0.25, -0.2) is 0 Å². The molecular formula is C18H18N4O4. The van der Waals surface area contributed by atoms with E-state index in [9.17, 15) is 10.1 Å². The molecule has 3 heterocycles. The number of anilines is 1. The van der Waals surface area contributed by atoms with Crippen LogP contribution in [-0.4, -0.2) is 28.2 Å². The first-order chi connectivity index (χ1) is 12.6. The number of rotatable bonds is 4. The third kappa shape index (κ3) is 3.05. The van der Waals surface area contributed by atoms with Crippen molar-refractivity contribution < 1.29 is 13.9 Å². The summed E-state index contributed by atoms with van der Waals surface area (Å²) in [7, 11) is 0. The van der Waals surface area contributed by atoms with Crippen LogP contribution in [0.3, 0.4) is 0 Å². The van der Waals surface area contributed by atoms with E-state index in [0.29, 0.717) is 28.8 Å². The molecule has 1 saturated heterocycles. The van der Waals surface area contributed by atoms with Gasteiger partial charge in [0.05, 0.1) is 11.2 Å². The number of furan rings is 1. The van der Waals surface area contributed by atoms with Crippen molar-refractivity contribution in [2.24, 2.45) is 5.92 Å². The molecular weight excluding hydrogens is 336 g/mol. The number of hydrogen-bond acceptors (Lipinski definition) is 7. The summed E-state index contributed by atoms with van der Waals surface area (Å²) in [5.41, 5.74) is 1.20. The molecule has 1 aliphatic rings. The Morgan fingerprint density at radius 3 is 2.96 bits per heavy atom. The Morgan fingerprint density at radius 2 is 2.23 bits per heavy atom. The van der Waals surface area contributed by atoms with E-state index in [4.69, 9.17) is 8.94 Å². The lowest BCUT2D eigenvalue weighted by molar-refractivity contribution is -0.384. The van der Waals surface area contributed by atoms with E-state index in [-0.39, 0.29) is 16.5 Å². The van der Waals surface area contributed by atoms with Crippen LogP contribution in [-0.2, 0) is 0 Å². The predicted molar refractivity (Wildman–Crippen MR) is 94.7 cm³/mol. The van der Waals surface area contributed by atoms with Crippen molar-refractivity contribution in [2.75, 3.05) is 18.0 Å². The van der Waals surface area contributed by atoms with Gasteiger partial charge in [-0.2, -0.15) is 4.98 Å². The molecule has 0 N–H and O–H groups in total. The molecule has 0 bridgehead atoms. The summed E-state index contributed by atoms with van der Waals surface area (Å²) in [5.74, 6) is 1.53. The number of piperidine rings is 1. The van der Waals surface area contributed by atoms with Gasteiger partial charge in [0.15, 0.2) is 5.76 Å². The first kappa shape index (κ1) is 16.3. The van der Waals surface area contributed by atoms with E-state index < -0.39 is 0 Å². The lowest BCUT2D eigenvalue weighted by Gasteiger charge is -2.32. The van der Waals surface area contributed by atoms with Gasteiger partial charge in [0.2, 0.25) is 5.82 Å². The first-order valence-electron chi connectivity index (χ1n) is 8.53. The molecule has 1 atom stereocenters. The maximum atomic E-state index is 11.6. The van der Waals surface area contributed by atoms with Gasteiger partial charge in [-0.15, -0.1) is 0 Å². The van der Waals surface area contributed by atoms with E-state index in [1.807, 2.05) is 0 Å². The lowest BCUT2D eigenvalue weighted by Crippen LogP contribution is -2.34. The van der Waals surface area contributed by atoms with Gasteiger partial charge in [-0.05, 0) is 43.0 Å². The molecule has 4 rings (SSSR count). The average molecular weight is 354 g/mol. The number of nitrogens with zero attached hydrogens (tertiary/aromatic N) is 4. The highest BCUT2D eigenvalue weighted by Gasteiger charge is 2.25. The maximum Gasteiger partial charge on any atom is 0.293 e. The molecule has 134 valence electrons. The second-order valence-electron chi connectivity index (χ2n) is 6.55. The van der Waals surface area contributed by atoms with Crippen LogP contribution in [0.4, 0.5) is 11.4 Å². The van der Waals surface area contributed by atoms with Gasteiger partial charge in [0.25, 0.3) is 11.6 Å². The molecule has 8 heteroatoms. The Balaban J connectivity index is 1.68. The van der Waals surface area contributed by atoms with Gasteiger partial charge in [-0.3, -0.25) is 10.1 Å². The fourth-order valence-corrected chi connectivity index (χ4v) is 3.32. The second kappa shape index (κ2) is 6.62. The van der Waals surface area contributed by atoms with Crippen molar-refractivity contribution in [3.63, 3.8) is 0 Å². The molecule has 2 aromatic heterocycles. The van der Waals surface area contributed by atoms with Crippen molar-refractivity contribution in [3.8, 4) is 23.0 Å². The summed E-state index contributed by atoms with van der Waals surface area (Å²) in [4.78, 5) is 17.6. The van der Waals surface area contributed by atoms with Crippen LogP contribution in [0.2, 0.25) is 0 Å². The molecule has 3 aromatic rings. The molecule has 26 heavy (non-hydrogen) atoms. The Kier molecular flexibility index (Phi) is 4.16. The molecule has 0 aliphatic carbocycles. The molecule has 1 aliphatic heterocycles. The minimum Gasteiger partial charge on any atom is -0.461 e. The van der Waals surface area contributed by atoms with Crippen molar-refractivity contribution in [3.05, 3.63) is 46.7 Å². The zero-order valence-corrected chi connectivity index (χ0v) is 14.3. The molecule has 0 amide bonds. The van der Waals surface area contributed by atoms with Crippen molar-refractivity contribution in [2.45, 2.75) is 19.8 Å².